The third kappa shape index (κ3) is 5.87. The van der Waals surface area contributed by atoms with Crippen molar-refractivity contribution in [2.45, 2.75) is 83.2 Å². The molecule has 0 spiro atoms. The van der Waals surface area contributed by atoms with Crippen molar-refractivity contribution in [1.82, 2.24) is 0 Å². The monoisotopic (exact) mass is 594 g/mol. The lowest BCUT2D eigenvalue weighted by Crippen LogP contribution is -2.42. The lowest BCUT2D eigenvalue weighted by atomic mass is 9.67. The zero-order chi connectivity index (χ0) is 30.1. The zero-order valence-electron chi connectivity index (χ0n) is 26.1. The molecule has 4 aromatic rings. The van der Waals surface area contributed by atoms with Gasteiger partial charge in [0, 0.05) is 0 Å². The van der Waals surface area contributed by atoms with E-state index < -0.39 is 22.0 Å². The van der Waals surface area contributed by atoms with Crippen LogP contribution in [0.15, 0.2) is 84.9 Å². The highest BCUT2D eigenvalue weighted by Gasteiger charge is 2.46. The van der Waals surface area contributed by atoms with Crippen LogP contribution < -0.4 is 0 Å². The first kappa shape index (κ1) is 30.3. The summed E-state index contributed by atoms with van der Waals surface area (Å²) in [6, 6.07) is 30.9. The number of phenols is 2. The first-order chi connectivity index (χ1) is 20.0. The first-order valence-electron chi connectivity index (χ1n) is 15.5. The van der Waals surface area contributed by atoms with Gasteiger partial charge in [0.05, 0.1) is 5.41 Å². The lowest BCUT2D eigenvalue weighted by Gasteiger charge is -2.35. The van der Waals surface area contributed by atoms with E-state index in [1.807, 2.05) is 12.1 Å². The number of aryl methyl sites for hydroxylation is 2. The van der Waals surface area contributed by atoms with Crippen LogP contribution in [-0.4, -0.2) is 26.8 Å². The average Bonchev–Trinajstić information content (AvgIpc) is 3.23. The number of aromatic hydroxyl groups is 2. The van der Waals surface area contributed by atoms with Crippen LogP contribution in [0.25, 0.3) is 11.1 Å². The van der Waals surface area contributed by atoms with E-state index in [1.54, 1.807) is 0 Å². The van der Waals surface area contributed by atoms with Gasteiger partial charge < -0.3 is 14.3 Å². The molecule has 1 aliphatic rings. The quantitative estimate of drug-likeness (QED) is 0.150. The van der Waals surface area contributed by atoms with Gasteiger partial charge in [-0.25, -0.2) is 0 Å². The molecule has 4 aromatic carbocycles. The third-order valence-corrected chi connectivity index (χ3v) is 14.8. The molecule has 0 atom stereocenters. The zero-order valence-corrected chi connectivity index (χ0v) is 28.1. The standard InChI is InChI=1S/C37H46O3Si2/c1-7-8-14-27-25-29(20-22-35(27)38)37(33-18-11-9-16-31(33)32-17-10-12-19-34(32)37)30-21-23-36(39)28(26-30)15-13-24-42(5,6)40-41(2,3)4/h9-12,16-23,25-26,38-39H,7-8,13-15,24H2,1-6H3. The Morgan fingerprint density at radius 2 is 1.12 bits per heavy atom. The molecule has 1 aliphatic carbocycles. The van der Waals surface area contributed by atoms with E-state index in [0.29, 0.717) is 11.5 Å². The van der Waals surface area contributed by atoms with Crippen LogP contribution in [0.3, 0.4) is 0 Å². The Hall–Kier alpha value is -3.13. The van der Waals surface area contributed by atoms with Crippen LogP contribution in [0.1, 0.15) is 59.6 Å². The van der Waals surface area contributed by atoms with Crippen molar-refractivity contribution in [1.29, 1.82) is 0 Å². The van der Waals surface area contributed by atoms with Gasteiger partial charge in [0.25, 0.3) is 0 Å². The van der Waals surface area contributed by atoms with Crippen LogP contribution in [0.2, 0.25) is 38.8 Å². The Morgan fingerprint density at radius 1 is 0.643 bits per heavy atom. The van der Waals surface area contributed by atoms with E-state index in [9.17, 15) is 10.2 Å². The molecule has 0 aromatic heterocycles. The summed E-state index contributed by atoms with van der Waals surface area (Å²) in [7, 11) is -3.38. The molecule has 0 unspecified atom stereocenters. The minimum atomic E-state index is -1.78. The second kappa shape index (κ2) is 11.9. The van der Waals surface area contributed by atoms with Gasteiger partial charge in [-0.1, -0.05) is 86.1 Å². The normalized spacial score (nSPS) is 14.0. The predicted octanol–water partition coefficient (Wildman–Crippen LogP) is 9.79. The predicted molar refractivity (Wildman–Crippen MR) is 181 cm³/mol. The Morgan fingerprint density at radius 3 is 1.60 bits per heavy atom. The summed E-state index contributed by atoms with van der Waals surface area (Å²) in [5.74, 6) is 0.717. The molecule has 42 heavy (non-hydrogen) atoms. The Balaban J connectivity index is 1.64. The van der Waals surface area contributed by atoms with Crippen LogP contribution in [0, 0.1) is 0 Å². The molecule has 2 N–H and O–H groups in total. The van der Waals surface area contributed by atoms with Crippen LogP contribution in [0.4, 0.5) is 0 Å². The highest BCUT2D eigenvalue weighted by atomic mass is 28.4. The molecule has 0 bridgehead atoms. The molecule has 0 saturated heterocycles. The van der Waals surface area contributed by atoms with Gasteiger partial charge >= 0.3 is 0 Å². The number of unbranched alkanes of at least 4 members (excludes halogenated alkanes) is 1. The Labute approximate surface area is 254 Å². The molecule has 0 saturated carbocycles. The summed E-state index contributed by atoms with van der Waals surface area (Å²) in [6.45, 7) is 13.6. The van der Waals surface area contributed by atoms with Crippen molar-refractivity contribution in [2.24, 2.45) is 0 Å². The summed E-state index contributed by atoms with van der Waals surface area (Å²) in [5.41, 5.74) is 8.68. The van der Waals surface area contributed by atoms with E-state index in [-0.39, 0.29) is 0 Å². The molecule has 5 rings (SSSR count). The molecule has 3 nitrogen and oxygen atoms in total. The second-order valence-electron chi connectivity index (χ2n) is 13.5. The number of fused-ring (bicyclic) bond motifs is 3. The van der Waals surface area contributed by atoms with E-state index in [1.165, 1.54) is 22.3 Å². The molecule has 0 radical (unpaired) electrons. The highest BCUT2D eigenvalue weighted by Crippen LogP contribution is 2.56. The first-order valence-corrected chi connectivity index (χ1v) is 22.0. The van der Waals surface area contributed by atoms with Crippen molar-refractivity contribution < 1.29 is 14.3 Å². The van der Waals surface area contributed by atoms with Gasteiger partial charge in [-0.3, -0.25) is 0 Å². The van der Waals surface area contributed by atoms with Gasteiger partial charge in [0.15, 0.2) is 16.6 Å². The maximum atomic E-state index is 11.1. The summed E-state index contributed by atoms with van der Waals surface area (Å²) >= 11 is 0. The summed E-state index contributed by atoms with van der Waals surface area (Å²) in [4.78, 5) is 0. The van der Waals surface area contributed by atoms with Gasteiger partial charge in [-0.2, -0.15) is 0 Å². The molecule has 0 heterocycles. The number of rotatable bonds is 11. The number of benzene rings is 4. The molecule has 5 heteroatoms. The van der Waals surface area contributed by atoms with E-state index in [4.69, 9.17) is 4.12 Å². The topological polar surface area (TPSA) is 49.7 Å². The summed E-state index contributed by atoms with van der Waals surface area (Å²) in [5, 5.41) is 21.9. The molecular formula is C37H46O3Si2. The van der Waals surface area contributed by atoms with Crippen molar-refractivity contribution in [3.05, 3.63) is 118 Å². The van der Waals surface area contributed by atoms with Crippen molar-refractivity contribution in [3.63, 3.8) is 0 Å². The SMILES string of the molecule is CCCCc1cc(C2(c3ccc(O)c(CCC[Si](C)(C)O[Si](C)(C)C)c3)c3ccccc3-c3ccccc32)ccc1O. The minimum Gasteiger partial charge on any atom is -0.508 e. The van der Waals surface area contributed by atoms with Gasteiger partial charge in [-0.05, 0) is 121 Å². The van der Waals surface area contributed by atoms with Crippen molar-refractivity contribution in [3.8, 4) is 22.6 Å². The molecule has 0 amide bonds. The Kier molecular flexibility index (Phi) is 8.57. The minimum absolute atomic E-state index is 0.355. The second-order valence-corrected chi connectivity index (χ2v) is 22.5. The van der Waals surface area contributed by atoms with Gasteiger partial charge in [-0.15, -0.1) is 0 Å². The van der Waals surface area contributed by atoms with Crippen molar-refractivity contribution in [2.75, 3.05) is 0 Å². The maximum absolute atomic E-state index is 11.1. The van der Waals surface area contributed by atoms with E-state index in [0.717, 1.165) is 60.4 Å². The fraction of sp³-hybridized carbons (Fsp3) is 0.351. The highest BCUT2D eigenvalue weighted by molar-refractivity contribution is 6.84. The summed E-state index contributed by atoms with van der Waals surface area (Å²) in [6.07, 6.45) is 4.74. The van der Waals surface area contributed by atoms with Crippen LogP contribution in [-0.2, 0) is 22.4 Å². The van der Waals surface area contributed by atoms with Crippen LogP contribution >= 0.6 is 0 Å². The number of hydrogen-bond acceptors (Lipinski definition) is 3. The molecular weight excluding hydrogens is 549 g/mol. The number of phenolic OH excluding ortho intramolecular Hbond substituents is 2. The van der Waals surface area contributed by atoms with Gasteiger partial charge in [0.2, 0.25) is 0 Å². The van der Waals surface area contributed by atoms with Gasteiger partial charge in [0.1, 0.15) is 11.5 Å². The number of hydrogen-bond donors (Lipinski definition) is 2. The fourth-order valence-corrected chi connectivity index (χ4v) is 15.1. The molecule has 0 fully saturated rings. The molecule has 0 aliphatic heterocycles. The maximum Gasteiger partial charge on any atom is 0.173 e. The third-order valence-electron chi connectivity index (χ3n) is 8.58. The smallest absolute Gasteiger partial charge is 0.173 e. The largest absolute Gasteiger partial charge is 0.508 e. The van der Waals surface area contributed by atoms with E-state index in [2.05, 4.69) is 112 Å². The average molecular weight is 595 g/mol. The Bertz CT molecular complexity index is 1520. The molecule has 220 valence electrons. The summed E-state index contributed by atoms with van der Waals surface area (Å²) < 4.78 is 6.59. The lowest BCUT2D eigenvalue weighted by molar-refractivity contribution is 0.466. The fourth-order valence-electron chi connectivity index (χ4n) is 7.01. The van der Waals surface area contributed by atoms with Crippen molar-refractivity contribution >= 4 is 16.6 Å². The van der Waals surface area contributed by atoms with E-state index >= 15 is 0 Å². The van der Waals surface area contributed by atoms with Crippen LogP contribution in [0.5, 0.6) is 11.5 Å².